The minimum Gasteiger partial charge on any atom is -0.496 e. The van der Waals surface area contributed by atoms with Crippen LogP contribution in [0, 0.1) is 6.92 Å². The molecule has 0 aliphatic carbocycles. The molecule has 4 aromatic rings. The molecule has 4 rings (SSSR count). The minimum absolute atomic E-state index is 0.198. The predicted molar refractivity (Wildman–Crippen MR) is 119 cm³/mol. The van der Waals surface area contributed by atoms with Gasteiger partial charge in [0.2, 0.25) is 0 Å². The molecular formula is C22H24N4OS2. The first-order valence-electron chi connectivity index (χ1n) is 9.52. The quantitative estimate of drug-likeness (QED) is 0.418. The van der Waals surface area contributed by atoms with Crippen molar-refractivity contribution in [3.8, 4) is 5.75 Å². The van der Waals surface area contributed by atoms with Gasteiger partial charge >= 0.3 is 0 Å². The Balaban J connectivity index is 1.50. The summed E-state index contributed by atoms with van der Waals surface area (Å²) < 4.78 is 7.46. The summed E-state index contributed by atoms with van der Waals surface area (Å²) in [5.41, 5.74) is 3.42. The second-order valence-electron chi connectivity index (χ2n) is 6.89. The Morgan fingerprint density at radius 3 is 2.83 bits per heavy atom. The first-order valence-corrected chi connectivity index (χ1v) is 11.3. The van der Waals surface area contributed by atoms with Gasteiger partial charge in [0.15, 0.2) is 0 Å². The lowest BCUT2D eigenvalue weighted by Crippen LogP contribution is -2.23. The van der Waals surface area contributed by atoms with E-state index in [1.54, 1.807) is 36.0 Å². The second-order valence-corrected chi connectivity index (χ2v) is 8.82. The zero-order valence-corrected chi connectivity index (χ0v) is 18.2. The van der Waals surface area contributed by atoms with Crippen LogP contribution in [0.5, 0.6) is 5.75 Å². The average Bonchev–Trinajstić information content (AvgIpc) is 3.49. The van der Waals surface area contributed by atoms with Gasteiger partial charge in [-0.25, -0.2) is 4.98 Å². The van der Waals surface area contributed by atoms with E-state index in [1.165, 1.54) is 10.4 Å². The summed E-state index contributed by atoms with van der Waals surface area (Å²) in [5, 5.41) is 13.4. The summed E-state index contributed by atoms with van der Waals surface area (Å²) in [6.45, 7) is 3.51. The van der Waals surface area contributed by atoms with Crippen LogP contribution in [-0.4, -0.2) is 21.9 Å². The largest absolute Gasteiger partial charge is 0.496 e. The molecular weight excluding hydrogens is 400 g/mol. The van der Waals surface area contributed by atoms with E-state index >= 15 is 0 Å². The van der Waals surface area contributed by atoms with Gasteiger partial charge < -0.3 is 10.1 Å². The Hall–Kier alpha value is -2.48. The van der Waals surface area contributed by atoms with Gasteiger partial charge in [0.1, 0.15) is 10.8 Å². The Morgan fingerprint density at radius 2 is 2.14 bits per heavy atom. The fourth-order valence-corrected chi connectivity index (χ4v) is 4.91. The summed E-state index contributed by atoms with van der Waals surface area (Å²) >= 11 is 3.52. The van der Waals surface area contributed by atoms with Crippen molar-refractivity contribution in [3.05, 3.63) is 86.3 Å². The van der Waals surface area contributed by atoms with Gasteiger partial charge in [0, 0.05) is 46.9 Å². The first-order chi connectivity index (χ1) is 14.2. The van der Waals surface area contributed by atoms with Gasteiger partial charge in [-0.1, -0.05) is 12.1 Å². The number of thiophene rings is 1. The second kappa shape index (κ2) is 9.35. The van der Waals surface area contributed by atoms with Gasteiger partial charge in [-0.2, -0.15) is 5.10 Å². The summed E-state index contributed by atoms with van der Waals surface area (Å²) in [7, 11) is 1.71. The molecule has 0 saturated carbocycles. The SMILES string of the molecule is COc1ccc(CNC(Cc2cccs2)c2nc(C)cs2)cc1Cn1cccn1. The topological polar surface area (TPSA) is 52.0 Å². The smallest absolute Gasteiger partial charge is 0.123 e. The number of aryl methyl sites for hydroxylation is 1. The maximum Gasteiger partial charge on any atom is 0.123 e. The van der Waals surface area contributed by atoms with E-state index in [0.29, 0.717) is 6.54 Å². The fraction of sp³-hybridized carbons (Fsp3) is 0.273. The molecule has 3 heterocycles. The highest BCUT2D eigenvalue weighted by Crippen LogP contribution is 2.26. The van der Waals surface area contributed by atoms with Crippen molar-refractivity contribution in [2.45, 2.75) is 32.5 Å². The van der Waals surface area contributed by atoms with Crippen LogP contribution >= 0.6 is 22.7 Å². The van der Waals surface area contributed by atoms with Crippen LogP contribution in [0.3, 0.4) is 0 Å². The minimum atomic E-state index is 0.198. The molecule has 0 spiro atoms. The highest BCUT2D eigenvalue weighted by atomic mass is 32.1. The van der Waals surface area contributed by atoms with Crippen LogP contribution < -0.4 is 10.1 Å². The Kier molecular flexibility index (Phi) is 6.39. The lowest BCUT2D eigenvalue weighted by atomic mass is 10.1. The normalized spacial score (nSPS) is 12.2. The fourth-order valence-electron chi connectivity index (χ4n) is 3.28. The molecule has 150 valence electrons. The van der Waals surface area contributed by atoms with Crippen molar-refractivity contribution in [2.75, 3.05) is 7.11 Å². The van der Waals surface area contributed by atoms with E-state index in [-0.39, 0.29) is 6.04 Å². The van der Waals surface area contributed by atoms with E-state index in [9.17, 15) is 0 Å². The molecule has 0 aliphatic heterocycles. The van der Waals surface area contributed by atoms with E-state index in [1.807, 2.05) is 29.9 Å². The van der Waals surface area contributed by atoms with Gasteiger partial charge in [-0.05, 0) is 42.1 Å². The first kappa shape index (κ1) is 19.8. The highest BCUT2D eigenvalue weighted by molar-refractivity contribution is 7.10. The van der Waals surface area contributed by atoms with Crippen molar-refractivity contribution < 1.29 is 4.74 Å². The maximum atomic E-state index is 5.55. The number of nitrogens with zero attached hydrogens (tertiary/aromatic N) is 3. The molecule has 7 heteroatoms. The van der Waals surface area contributed by atoms with Crippen LogP contribution in [0.4, 0.5) is 0 Å². The molecule has 0 bridgehead atoms. The number of aromatic nitrogens is 3. The number of hydrogen-bond acceptors (Lipinski definition) is 6. The third-order valence-corrected chi connectivity index (χ3v) is 6.68. The van der Waals surface area contributed by atoms with Crippen molar-refractivity contribution in [2.24, 2.45) is 0 Å². The van der Waals surface area contributed by atoms with Gasteiger partial charge in [-0.15, -0.1) is 22.7 Å². The third-order valence-electron chi connectivity index (χ3n) is 4.71. The van der Waals surface area contributed by atoms with E-state index in [2.05, 4.69) is 45.4 Å². The molecule has 29 heavy (non-hydrogen) atoms. The van der Waals surface area contributed by atoms with E-state index in [4.69, 9.17) is 9.72 Å². The van der Waals surface area contributed by atoms with Gasteiger partial charge in [0.25, 0.3) is 0 Å². The third kappa shape index (κ3) is 5.12. The van der Waals surface area contributed by atoms with Crippen LogP contribution in [-0.2, 0) is 19.5 Å². The van der Waals surface area contributed by atoms with Gasteiger partial charge in [0.05, 0.1) is 19.7 Å². The van der Waals surface area contributed by atoms with Crippen molar-refractivity contribution in [1.29, 1.82) is 0 Å². The van der Waals surface area contributed by atoms with Crippen LogP contribution in [0.2, 0.25) is 0 Å². The predicted octanol–water partition coefficient (Wildman–Crippen LogP) is 4.84. The summed E-state index contributed by atoms with van der Waals surface area (Å²) in [6.07, 6.45) is 4.70. The van der Waals surface area contributed by atoms with Crippen molar-refractivity contribution in [1.82, 2.24) is 20.1 Å². The Bertz CT molecular complexity index is 1030. The zero-order valence-electron chi connectivity index (χ0n) is 16.5. The average molecular weight is 425 g/mol. The van der Waals surface area contributed by atoms with E-state index < -0.39 is 0 Å². The molecule has 0 radical (unpaired) electrons. The van der Waals surface area contributed by atoms with Crippen LogP contribution in [0.15, 0.2) is 59.6 Å². The molecule has 0 amide bonds. The molecule has 1 unspecified atom stereocenters. The van der Waals surface area contributed by atoms with E-state index in [0.717, 1.165) is 35.0 Å². The standard InChI is InChI=1S/C22H24N4OS2/c1-16-15-29-22(25-16)20(12-19-5-3-10-28-19)23-13-17-6-7-21(27-2)18(11-17)14-26-9-4-8-24-26/h3-11,15,20,23H,12-14H2,1-2H3. The number of ether oxygens (including phenoxy) is 1. The number of rotatable bonds is 9. The van der Waals surface area contributed by atoms with Crippen LogP contribution in [0.1, 0.15) is 32.7 Å². The summed E-state index contributed by atoms with van der Waals surface area (Å²) in [5.74, 6) is 0.884. The highest BCUT2D eigenvalue weighted by Gasteiger charge is 2.16. The summed E-state index contributed by atoms with van der Waals surface area (Å²) in [6, 6.07) is 12.8. The molecule has 0 saturated heterocycles. The monoisotopic (exact) mass is 424 g/mol. The number of nitrogens with one attached hydrogen (secondary N) is 1. The van der Waals surface area contributed by atoms with Crippen molar-refractivity contribution in [3.63, 3.8) is 0 Å². The maximum absolute atomic E-state index is 5.55. The number of thiazole rings is 1. The Morgan fingerprint density at radius 1 is 1.21 bits per heavy atom. The number of hydrogen-bond donors (Lipinski definition) is 1. The molecule has 1 N–H and O–H groups in total. The molecule has 3 aromatic heterocycles. The molecule has 0 aliphatic rings. The number of benzene rings is 1. The Labute approximate surface area is 179 Å². The summed E-state index contributed by atoms with van der Waals surface area (Å²) in [4.78, 5) is 6.09. The number of methoxy groups -OCH3 is 1. The molecule has 5 nitrogen and oxygen atoms in total. The van der Waals surface area contributed by atoms with Crippen LogP contribution in [0.25, 0.3) is 0 Å². The lowest BCUT2D eigenvalue weighted by molar-refractivity contribution is 0.407. The van der Waals surface area contributed by atoms with Crippen molar-refractivity contribution >= 4 is 22.7 Å². The zero-order chi connectivity index (χ0) is 20.1. The lowest BCUT2D eigenvalue weighted by Gasteiger charge is -2.17. The molecule has 0 fully saturated rings. The van der Waals surface area contributed by atoms with Gasteiger partial charge in [-0.3, -0.25) is 4.68 Å². The molecule has 1 atom stereocenters. The molecule has 1 aromatic carbocycles.